The minimum absolute atomic E-state index is 0.00884. The van der Waals surface area contributed by atoms with Crippen molar-refractivity contribution in [2.75, 3.05) is 0 Å². The molecule has 162 valence electrons. The average Bonchev–Trinajstić information content (AvgIpc) is 2.96. The molecule has 0 bridgehead atoms. The average molecular weight is 402 g/mol. The van der Waals surface area contributed by atoms with Crippen LogP contribution in [-0.2, 0) is 4.74 Å². The number of carbonyl (C=O) groups is 1. The lowest BCUT2D eigenvalue weighted by atomic mass is 10.0. The number of hydrogen-bond donors (Lipinski definition) is 1. The van der Waals surface area contributed by atoms with Crippen molar-refractivity contribution in [2.45, 2.75) is 103 Å². The zero-order valence-electron chi connectivity index (χ0n) is 18.7. The van der Waals surface area contributed by atoms with Gasteiger partial charge in [-0.3, -0.25) is 4.90 Å². The van der Waals surface area contributed by atoms with Gasteiger partial charge in [-0.15, -0.1) is 0 Å². The zero-order chi connectivity index (χ0) is 21.3. The largest absolute Gasteiger partial charge is 0.443 e. The highest BCUT2D eigenvalue weighted by molar-refractivity contribution is 5.74. The van der Waals surface area contributed by atoms with Gasteiger partial charge in [-0.05, 0) is 45.3 Å². The van der Waals surface area contributed by atoms with Crippen LogP contribution in [0.1, 0.15) is 91.0 Å². The highest BCUT2D eigenvalue weighted by Crippen LogP contribution is 2.34. The second-order valence-electron chi connectivity index (χ2n) is 9.15. The Labute approximate surface area is 176 Å². The minimum Gasteiger partial charge on any atom is -0.443 e. The number of likely N-dealkylation sites (tertiary alicyclic amines) is 1. The molecule has 0 spiro atoms. The Morgan fingerprint density at radius 3 is 2.34 bits per heavy atom. The number of carbonyl (C=O) groups excluding carboxylic acids is 1. The van der Waals surface area contributed by atoms with Gasteiger partial charge in [0.2, 0.25) is 0 Å². The van der Waals surface area contributed by atoms with Gasteiger partial charge in [0.15, 0.2) is 0 Å². The Hall–Kier alpha value is -1.81. The molecule has 0 radical (unpaired) electrons. The quantitative estimate of drug-likeness (QED) is 0.478. The lowest BCUT2D eigenvalue weighted by molar-refractivity contribution is 0.0269. The SMILES string of the molecule is CCCCCCCCC[C@@H]1C[C@H](O)/C(=C\c2ccccc2)N1C(=O)OC(C)(C)C. The first-order valence-electron chi connectivity index (χ1n) is 11.3. The van der Waals surface area contributed by atoms with Gasteiger partial charge in [-0.2, -0.15) is 0 Å². The molecule has 1 fully saturated rings. The number of amides is 1. The van der Waals surface area contributed by atoms with E-state index < -0.39 is 11.7 Å². The smallest absolute Gasteiger partial charge is 0.414 e. The third-order valence-corrected chi connectivity index (χ3v) is 5.33. The molecule has 2 atom stereocenters. The van der Waals surface area contributed by atoms with Gasteiger partial charge in [-0.25, -0.2) is 4.79 Å². The lowest BCUT2D eigenvalue weighted by Crippen LogP contribution is -2.39. The molecule has 1 aromatic carbocycles. The molecule has 1 aromatic rings. The van der Waals surface area contributed by atoms with Gasteiger partial charge in [0.1, 0.15) is 5.60 Å². The highest BCUT2D eigenvalue weighted by atomic mass is 16.6. The summed E-state index contributed by atoms with van der Waals surface area (Å²) in [4.78, 5) is 14.7. The van der Waals surface area contributed by atoms with Gasteiger partial charge >= 0.3 is 6.09 Å². The fourth-order valence-electron chi connectivity index (χ4n) is 3.89. The van der Waals surface area contributed by atoms with Gasteiger partial charge in [0.25, 0.3) is 0 Å². The molecular formula is C25H39NO3. The van der Waals surface area contributed by atoms with Gasteiger partial charge in [0, 0.05) is 6.04 Å². The second kappa shape index (κ2) is 11.4. The molecule has 0 aliphatic carbocycles. The Morgan fingerprint density at radius 2 is 1.72 bits per heavy atom. The molecule has 29 heavy (non-hydrogen) atoms. The molecular weight excluding hydrogens is 362 g/mol. The number of benzene rings is 1. The Bertz CT molecular complexity index is 648. The van der Waals surface area contributed by atoms with E-state index in [-0.39, 0.29) is 12.1 Å². The van der Waals surface area contributed by atoms with Crippen LogP contribution in [0, 0.1) is 0 Å². The first-order chi connectivity index (χ1) is 13.8. The van der Waals surface area contributed by atoms with Crippen LogP contribution in [0.5, 0.6) is 0 Å². The van der Waals surface area contributed by atoms with E-state index in [1.807, 2.05) is 57.2 Å². The zero-order valence-corrected chi connectivity index (χ0v) is 18.7. The summed E-state index contributed by atoms with van der Waals surface area (Å²) < 4.78 is 5.67. The van der Waals surface area contributed by atoms with E-state index in [2.05, 4.69) is 6.92 Å². The summed E-state index contributed by atoms with van der Waals surface area (Å²) in [5.41, 5.74) is 1.07. The molecule has 0 saturated carbocycles. The summed E-state index contributed by atoms with van der Waals surface area (Å²) in [6.45, 7) is 7.87. The van der Waals surface area contributed by atoms with Crippen molar-refractivity contribution in [2.24, 2.45) is 0 Å². The predicted molar refractivity (Wildman–Crippen MR) is 120 cm³/mol. The molecule has 2 rings (SSSR count). The van der Waals surface area contributed by atoms with E-state index in [1.54, 1.807) is 4.90 Å². The summed E-state index contributed by atoms with van der Waals surface area (Å²) in [5.74, 6) is 0. The third kappa shape index (κ3) is 7.85. The topological polar surface area (TPSA) is 49.8 Å². The number of aliphatic hydroxyl groups excluding tert-OH is 1. The van der Waals surface area contributed by atoms with Gasteiger partial charge in [-0.1, -0.05) is 82.2 Å². The summed E-state index contributed by atoms with van der Waals surface area (Å²) in [7, 11) is 0. The number of hydrogen-bond acceptors (Lipinski definition) is 3. The first-order valence-corrected chi connectivity index (χ1v) is 11.3. The van der Waals surface area contributed by atoms with Crippen molar-refractivity contribution >= 4 is 12.2 Å². The van der Waals surface area contributed by atoms with E-state index in [0.717, 1.165) is 18.4 Å². The molecule has 1 saturated heterocycles. The number of nitrogens with zero attached hydrogens (tertiary/aromatic N) is 1. The van der Waals surface area contributed by atoms with Crippen LogP contribution in [0.4, 0.5) is 4.79 Å². The first kappa shape index (κ1) is 23.5. The summed E-state index contributed by atoms with van der Waals surface area (Å²) in [6.07, 6.45) is 11.1. The number of rotatable bonds is 9. The number of aliphatic hydroxyl groups is 1. The molecule has 1 N–H and O–H groups in total. The summed E-state index contributed by atoms with van der Waals surface area (Å²) in [5, 5.41) is 10.7. The van der Waals surface area contributed by atoms with Crippen LogP contribution in [0.2, 0.25) is 0 Å². The maximum absolute atomic E-state index is 13.0. The molecule has 4 heteroatoms. The molecule has 0 unspecified atom stereocenters. The van der Waals surface area contributed by atoms with E-state index in [0.29, 0.717) is 12.1 Å². The predicted octanol–water partition coefficient (Wildman–Crippen LogP) is 6.54. The van der Waals surface area contributed by atoms with Gasteiger partial charge in [0.05, 0.1) is 11.8 Å². The monoisotopic (exact) mass is 401 g/mol. The molecule has 0 aromatic heterocycles. The molecule has 1 aliphatic heterocycles. The molecule has 1 amide bonds. The van der Waals surface area contributed by atoms with Crippen LogP contribution in [-0.4, -0.2) is 33.8 Å². The second-order valence-corrected chi connectivity index (χ2v) is 9.15. The standard InChI is InChI=1S/C25H39NO3/c1-5-6-7-8-9-10-14-17-21-19-23(27)22(18-20-15-12-11-13-16-20)26(21)24(28)29-25(2,3)4/h11-13,15-16,18,21,23,27H,5-10,14,17,19H2,1-4H3/b22-18+/t21-,23+/m1/s1. The van der Waals surface area contributed by atoms with Crippen LogP contribution in [0.15, 0.2) is 36.0 Å². The van der Waals surface area contributed by atoms with E-state index in [4.69, 9.17) is 4.74 Å². The maximum atomic E-state index is 13.0. The van der Waals surface area contributed by atoms with E-state index >= 15 is 0 Å². The minimum atomic E-state index is -0.641. The van der Waals surface area contributed by atoms with Crippen molar-refractivity contribution < 1.29 is 14.6 Å². The Kier molecular flexibility index (Phi) is 9.22. The summed E-state index contributed by atoms with van der Waals surface area (Å²) >= 11 is 0. The van der Waals surface area contributed by atoms with Crippen molar-refractivity contribution in [3.05, 3.63) is 41.6 Å². The van der Waals surface area contributed by atoms with E-state index in [9.17, 15) is 9.90 Å². The van der Waals surface area contributed by atoms with E-state index in [1.165, 1.54) is 38.5 Å². The molecule has 1 heterocycles. The fourth-order valence-corrected chi connectivity index (χ4v) is 3.89. The molecule has 4 nitrogen and oxygen atoms in total. The van der Waals surface area contributed by atoms with Crippen LogP contribution >= 0.6 is 0 Å². The lowest BCUT2D eigenvalue weighted by Gasteiger charge is -2.29. The van der Waals surface area contributed by atoms with Gasteiger partial charge < -0.3 is 9.84 Å². The summed E-state index contributed by atoms with van der Waals surface area (Å²) in [6, 6.07) is 9.84. The fraction of sp³-hybridized carbons (Fsp3) is 0.640. The van der Waals surface area contributed by atoms with Crippen molar-refractivity contribution in [3.8, 4) is 0 Å². The Morgan fingerprint density at radius 1 is 1.10 bits per heavy atom. The van der Waals surface area contributed by atoms with Crippen LogP contribution < -0.4 is 0 Å². The van der Waals surface area contributed by atoms with Crippen molar-refractivity contribution in [3.63, 3.8) is 0 Å². The maximum Gasteiger partial charge on any atom is 0.414 e. The molecule has 1 aliphatic rings. The number of ether oxygens (including phenoxy) is 1. The Balaban J connectivity index is 2.06. The van der Waals surface area contributed by atoms with Crippen LogP contribution in [0.3, 0.4) is 0 Å². The van der Waals surface area contributed by atoms with Crippen molar-refractivity contribution in [1.82, 2.24) is 4.90 Å². The van der Waals surface area contributed by atoms with Crippen molar-refractivity contribution in [1.29, 1.82) is 0 Å². The highest BCUT2D eigenvalue weighted by Gasteiger charge is 2.40. The number of unbranched alkanes of at least 4 members (excludes halogenated alkanes) is 6. The normalized spacial score (nSPS) is 21.0. The third-order valence-electron chi connectivity index (χ3n) is 5.33. The van der Waals surface area contributed by atoms with Crippen LogP contribution in [0.25, 0.3) is 6.08 Å².